The van der Waals surface area contributed by atoms with Crippen molar-refractivity contribution in [2.75, 3.05) is 6.61 Å². The molecule has 0 fully saturated rings. The molecule has 16 heavy (non-hydrogen) atoms. The van der Waals surface area contributed by atoms with Gasteiger partial charge in [-0.2, -0.15) is 0 Å². The van der Waals surface area contributed by atoms with Crippen molar-refractivity contribution in [1.82, 2.24) is 0 Å². The van der Waals surface area contributed by atoms with E-state index in [1.54, 1.807) is 6.92 Å². The fourth-order valence-corrected chi connectivity index (χ4v) is 1.76. The van der Waals surface area contributed by atoms with Gasteiger partial charge in [0, 0.05) is 6.07 Å². The van der Waals surface area contributed by atoms with Crippen molar-refractivity contribution in [2.45, 2.75) is 18.2 Å². The van der Waals surface area contributed by atoms with Gasteiger partial charge in [0.25, 0.3) is 0 Å². The average Bonchev–Trinajstić information content (AvgIpc) is 2.16. The smallest absolute Gasteiger partial charge is 0.320 e. The molecule has 88 valence electrons. The van der Waals surface area contributed by atoms with Crippen molar-refractivity contribution in [3.05, 3.63) is 35.4 Å². The highest BCUT2D eigenvalue weighted by molar-refractivity contribution is 9.10. The number of ether oxygens (including phenoxy) is 1. The Bertz CT molecular complexity index is 362. The molecule has 0 heterocycles. The lowest BCUT2D eigenvalue weighted by Crippen LogP contribution is -2.19. The van der Waals surface area contributed by atoms with E-state index in [0.717, 1.165) is 6.07 Å². The van der Waals surface area contributed by atoms with Crippen molar-refractivity contribution in [3.63, 3.8) is 0 Å². The summed E-state index contributed by atoms with van der Waals surface area (Å²) in [5.41, 5.74) is 0.410. The third kappa shape index (κ3) is 3.89. The monoisotopic (exact) mass is 292 g/mol. The molecule has 1 aromatic carbocycles. The highest BCUT2D eigenvalue weighted by atomic mass is 79.9. The lowest BCUT2D eigenvalue weighted by Gasteiger charge is -2.09. The van der Waals surface area contributed by atoms with Gasteiger partial charge in [-0.15, -0.1) is 0 Å². The predicted octanol–water partition coefficient (Wildman–Crippen LogP) is 2.83. The molecule has 0 amide bonds. The minimum absolute atomic E-state index is 0.188. The summed E-state index contributed by atoms with van der Waals surface area (Å²) in [7, 11) is 0. The molecule has 0 aliphatic heterocycles. The zero-order chi connectivity index (χ0) is 12.1. The van der Waals surface area contributed by atoms with E-state index in [-0.39, 0.29) is 13.0 Å². The molecule has 1 atom stereocenters. The fourth-order valence-electron chi connectivity index (χ4n) is 1.25. The number of esters is 1. The van der Waals surface area contributed by atoms with E-state index in [1.807, 2.05) is 0 Å². The Morgan fingerprint density at radius 2 is 1.94 bits per heavy atom. The highest BCUT2D eigenvalue weighted by Crippen LogP contribution is 2.14. The molecule has 0 spiro atoms. The minimum atomic E-state index is -0.654. The largest absolute Gasteiger partial charge is 0.465 e. The van der Waals surface area contributed by atoms with E-state index in [2.05, 4.69) is 15.9 Å². The van der Waals surface area contributed by atoms with Crippen LogP contribution in [0.2, 0.25) is 0 Å². The Morgan fingerprint density at radius 1 is 1.38 bits per heavy atom. The summed E-state index contributed by atoms with van der Waals surface area (Å²) in [6, 6.07) is 3.17. The highest BCUT2D eigenvalue weighted by Gasteiger charge is 2.17. The van der Waals surface area contributed by atoms with Crippen LogP contribution in [0, 0.1) is 11.6 Å². The van der Waals surface area contributed by atoms with Crippen molar-refractivity contribution in [1.29, 1.82) is 0 Å². The Morgan fingerprint density at radius 3 is 2.44 bits per heavy atom. The molecule has 0 aliphatic carbocycles. The Kier molecular flexibility index (Phi) is 4.86. The Balaban J connectivity index is 2.69. The van der Waals surface area contributed by atoms with Crippen LogP contribution in [-0.2, 0) is 16.0 Å². The van der Waals surface area contributed by atoms with E-state index in [4.69, 9.17) is 4.74 Å². The molecule has 1 aromatic rings. The number of benzene rings is 1. The molecule has 1 rings (SSSR count). The molecule has 0 bridgehead atoms. The van der Waals surface area contributed by atoms with Crippen molar-refractivity contribution >= 4 is 21.9 Å². The number of carbonyl (C=O) groups is 1. The molecule has 0 N–H and O–H groups in total. The van der Waals surface area contributed by atoms with Gasteiger partial charge >= 0.3 is 5.97 Å². The molecular formula is C11H11BrF2O2. The second-order valence-electron chi connectivity index (χ2n) is 3.20. The van der Waals surface area contributed by atoms with Crippen LogP contribution < -0.4 is 0 Å². The van der Waals surface area contributed by atoms with E-state index in [1.165, 1.54) is 12.1 Å². The third-order valence-corrected chi connectivity index (χ3v) is 2.58. The van der Waals surface area contributed by atoms with Crippen LogP contribution in [0.5, 0.6) is 0 Å². The molecule has 1 unspecified atom stereocenters. The minimum Gasteiger partial charge on any atom is -0.465 e. The Labute approximate surface area is 101 Å². The van der Waals surface area contributed by atoms with Gasteiger partial charge in [-0.3, -0.25) is 4.79 Å². The third-order valence-electron chi connectivity index (χ3n) is 1.88. The zero-order valence-electron chi connectivity index (χ0n) is 8.67. The van der Waals surface area contributed by atoms with Gasteiger partial charge in [0.05, 0.1) is 6.61 Å². The summed E-state index contributed by atoms with van der Waals surface area (Å²) >= 11 is 3.11. The zero-order valence-corrected chi connectivity index (χ0v) is 10.3. The van der Waals surface area contributed by atoms with E-state index in [9.17, 15) is 13.6 Å². The molecule has 0 aliphatic rings. The molecule has 2 nitrogen and oxygen atoms in total. The summed E-state index contributed by atoms with van der Waals surface area (Å²) < 4.78 is 30.5. The molecule has 0 saturated heterocycles. The normalized spacial score (nSPS) is 12.2. The van der Waals surface area contributed by atoms with E-state index >= 15 is 0 Å². The predicted molar refractivity (Wildman–Crippen MR) is 59.4 cm³/mol. The van der Waals surface area contributed by atoms with Crippen LogP contribution in [0.25, 0.3) is 0 Å². The van der Waals surface area contributed by atoms with Gasteiger partial charge < -0.3 is 4.74 Å². The first-order valence-electron chi connectivity index (χ1n) is 4.78. The molecule has 5 heteroatoms. The van der Waals surface area contributed by atoms with Gasteiger partial charge in [-0.05, 0) is 31.0 Å². The number of hydrogen-bond donors (Lipinski definition) is 0. The van der Waals surface area contributed by atoms with Crippen molar-refractivity contribution in [3.8, 4) is 0 Å². The van der Waals surface area contributed by atoms with Crippen LogP contribution in [0.4, 0.5) is 8.78 Å². The maximum atomic E-state index is 12.9. The molecule has 0 radical (unpaired) electrons. The van der Waals surface area contributed by atoms with Crippen LogP contribution in [-0.4, -0.2) is 17.4 Å². The second kappa shape index (κ2) is 5.94. The molecule has 0 saturated carbocycles. The maximum absolute atomic E-state index is 12.9. The summed E-state index contributed by atoms with van der Waals surface area (Å²) in [6.07, 6.45) is 0.188. The summed E-state index contributed by atoms with van der Waals surface area (Å²) in [6.45, 7) is 1.97. The molecular weight excluding hydrogens is 282 g/mol. The first kappa shape index (κ1) is 13.1. The SMILES string of the molecule is CCOC(=O)C(Br)Cc1cc(F)cc(F)c1. The van der Waals surface area contributed by atoms with E-state index < -0.39 is 22.4 Å². The summed E-state index contributed by atoms with van der Waals surface area (Å²) in [5, 5.41) is 0. The standard InChI is InChI=1S/C11H11BrF2O2/c1-2-16-11(15)10(12)5-7-3-8(13)6-9(14)4-7/h3-4,6,10H,2,5H2,1H3. The fraction of sp³-hybridized carbons (Fsp3) is 0.364. The van der Waals surface area contributed by atoms with E-state index in [0.29, 0.717) is 5.56 Å². The van der Waals surface area contributed by atoms with Gasteiger partial charge in [0.1, 0.15) is 16.5 Å². The van der Waals surface area contributed by atoms with Gasteiger partial charge in [0.15, 0.2) is 0 Å². The van der Waals surface area contributed by atoms with Crippen molar-refractivity contribution < 1.29 is 18.3 Å². The Hall–Kier alpha value is -0.970. The second-order valence-corrected chi connectivity index (χ2v) is 4.31. The first-order valence-corrected chi connectivity index (χ1v) is 5.70. The number of alkyl halides is 1. The maximum Gasteiger partial charge on any atom is 0.320 e. The lowest BCUT2D eigenvalue weighted by atomic mass is 10.1. The number of hydrogen-bond acceptors (Lipinski definition) is 2. The van der Waals surface area contributed by atoms with Crippen LogP contribution >= 0.6 is 15.9 Å². The summed E-state index contributed by atoms with van der Waals surface area (Å²) in [4.78, 5) is 10.7. The van der Waals surface area contributed by atoms with Crippen LogP contribution in [0.1, 0.15) is 12.5 Å². The van der Waals surface area contributed by atoms with Gasteiger partial charge in [0.2, 0.25) is 0 Å². The first-order chi connectivity index (χ1) is 7.52. The number of halogens is 3. The quantitative estimate of drug-likeness (QED) is 0.630. The van der Waals surface area contributed by atoms with Gasteiger partial charge in [-0.25, -0.2) is 8.78 Å². The van der Waals surface area contributed by atoms with Crippen LogP contribution in [0.3, 0.4) is 0 Å². The topological polar surface area (TPSA) is 26.3 Å². The number of rotatable bonds is 4. The van der Waals surface area contributed by atoms with Crippen molar-refractivity contribution in [2.24, 2.45) is 0 Å². The number of carbonyl (C=O) groups excluding carboxylic acids is 1. The molecule has 0 aromatic heterocycles. The lowest BCUT2D eigenvalue weighted by molar-refractivity contribution is -0.142. The average molecular weight is 293 g/mol. The summed E-state index contributed by atoms with van der Waals surface area (Å²) in [5.74, 6) is -1.75. The van der Waals surface area contributed by atoms with Crippen LogP contribution in [0.15, 0.2) is 18.2 Å². The van der Waals surface area contributed by atoms with Gasteiger partial charge in [-0.1, -0.05) is 15.9 Å².